The third kappa shape index (κ3) is 3.35. The van der Waals surface area contributed by atoms with Crippen LogP contribution < -0.4 is 5.32 Å². The maximum Gasteiger partial charge on any atom is 0.255 e. The number of anilines is 1. The summed E-state index contributed by atoms with van der Waals surface area (Å²) in [6.45, 7) is 1.97. The minimum atomic E-state index is -0.110. The maximum atomic E-state index is 12.3. The van der Waals surface area contributed by atoms with E-state index in [1.54, 1.807) is 0 Å². The zero-order chi connectivity index (χ0) is 18.1. The van der Waals surface area contributed by atoms with Gasteiger partial charge in [0.15, 0.2) is 0 Å². The number of carbonyl (C=O) groups is 1. The van der Waals surface area contributed by atoms with Gasteiger partial charge in [-0.1, -0.05) is 41.4 Å². The van der Waals surface area contributed by atoms with Gasteiger partial charge in [-0.3, -0.25) is 4.79 Å². The number of H-pyrrole nitrogens is 1. The third-order valence-corrected chi connectivity index (χ3v) is 4.55. The van der Waals surface area contributed by atoms with Gasteiger partial charge in [-0.05, 0) is 61.0 Å². The van der Waals surface area contributed by atoms with Crippen molar-refractivity contribution >= 4 is 34.1 Å². The number of hydrogen-bond donors (Lipinski definition) is 2. The van der Waals surface area contributed by atoms with Crippen LogP contribution in [0.1, 0.15) is 15.9 Å². The summed E-state index contributed by atoms with van der Waals surface area (Å²) < 4.78 is 0. The van der Waals surface area contributed by atoms with Gasteiger partial charge in [0.1, 0.15) is 0 Å². The smallest absolute Gasteiger partial charge is 0.255 e. The van der Waals surface area contributed by atoms with E-state index < -0.39 is 0 Å². The van der Waals surface area contributed by atoms with E-state index in [1.165, 1.54) is 0 Å². The van der Waals surface area contributed by atoms with E-state index in [1.807, 2.05) is 73.7 Å². The molecule has 1 amide bonds. The summed E-state index contributed by atoms with van der Waals surface area (Å²) in [7, 11) is 0. The fourth-order valence-corrected chi connectivity index (χ4v) is 3.16. The van der Waals surface area contributed by atoms with E-state index in [4.69, 9.17) is 11.6 Å². The molecule has 0 radical (unpaired) electrons. The number of halogens is 1. The Bertz CT molecular complexity index is 1100. The quantitative estimate of drug-likeness (QED) is 0.459. The number of aryl methyl sites for hydroxylation is 1. The summed E-state index contributed by atoms with van der Waals surface area (Å²) in [5.74, 6) is -0.110. The van der Waals surface area contributed by atoms with Crippen molar-refractivity contribution in [3.63, 3.8) is 0 Å². The van der Waals surface area contributed by atoms with Crippen molar-refractivity contribution in [1.29, 1.82) is 0 Å². The molecule has 0 aliphatic carbocycles. The van der Waals surface area contributed by atoms with Crippen LogP contribution in [0.25, 0.3) is 22.2 Å². The molecule has 1 aromatic heterocycles. The molecule has 0 spiro atoms. The van der Waals surface area contributed by atoms with Crippen LogP contribution >= 0.6 is 11.6 Å². The Kier molecular flexibility index (Phi) is 4.23. The first-order valence-electron chi connectivity index (χ1n) is 8.35. The second kappa shape index (κ2) is 6.70. The molecule has 0 fully saturated rings. The summed E-state index contributed by atoms with van der Waals surface area (Å²) in [6, 6.07) is 23.2. The van der Waals surface area contributed by atoms with Crippen molar-refractivity contribution in [1.82, 2.24) is 4.98 Å². The molecule has 3 nitrogen and oxygen atoms in total. The van der Waals surface area contributed by atoms with Crippen LogP contribution in [0.4, 0.5) is 5.69 Å². The second-order valence-electron chi connectivity index (χ2n) is 6.32. The minimum absolute atomic E-state index is 0.110. The summed E-state index contributed by atoms with van der Waals surface area (Å²) in [5.41, 5.74) is 5.58. The number of aromatic nitrogens is 1. The van der Waals surface area contributed by atoms with E-state index in [9.17, 15) is 4.79 Å². The minimum Gasteiger partial charge on any atom is -0.355 e. The van der Waals surface area contributed by atoms with Crippen LogP contribution in [-0.2, 0) is 0 Å². The largest absolute Gasteiger partial charge is 0.355 e. The Labute approximate surface area is 156 Å². The van der Waals surface area contributed by atoms with Crippen LogP contribution in [0.5, 0.6) is 0 Å². The monoisotopic (exact) mass is 360 g/mol. The summed E-state index contributed by atoms with van der Waals surface area (Å²) >= 11 is 6.05. The molecule has 26 heavy (non-hydrogen) atoms. The Hall–Kier alpha value is -3.04. The van der Waals surface area contributed by atoms with Crippen molar-refractivity contribution in [2.45, 2.75) is 6.92 Å². The van der Waals surface area contributed by atoms with Crippen LogP contribution in [0, 0.1) is 6.92 Å². The van der Waals surface area contributed by atoms with Gasteiger partial charge in [0.05, 0.1) is 0 Å². The molecule has 4 aromatic rings. The van der Waals surface area contributed by atoms with Gasteiger partial charge in [-0.25, -0.2) is 0 Å². The van der Waals surface area contributed by atoms with Gasteiger partial charge in [0, 0.05) is 32.9 Å². The number of rotatable bonds is 3. The Morgan fingerprint density at radius 2 is 1.77 bits per heavy atom. The first-order chi connectivity index (χ1) is 12.6. The number of benzene rings is 3. The molecule has 128 valence electrons. The highest BCUT2D eigenvalue weighted by molar-refractivity contribution is 6.31. The number of hydrogen-bond acceptors (Lipinski definition) is 1. The highest BCUT2D eigenvalue weighted by Gasteiger charge is 2.07. The molecule has 0 aliphatic rings. The van der Waals surface area contributed by atoms with Gasteiger partial charge in [0.2, 0.25) is 0 Å². The van der Waals surface area contributed by atoms with Crippen LogP contribution in [0.2, 0.25) is 5.02 Å². The van der Waals surface area contributed by atoms with E-state index in [-0.39, 0.29) is 5.91 Å². The number of fused-ring (bicyclic) bond motifs is 1. The average molecular weight is 361 g/mol. The molecule has 4 rings (SSSR count). The molecule has 0 atom stereocenters. The van der Waals surface area contributed by atoms with Crippen molar-refractivity contribution in [2.24, 2.45) is 0 Å². The summed E-state index contributed by atoms with van der Waals surface area (Å²) in [5, 5.41) is 4.72. The third-order valence-electron chi connectivity index (χ3n) is 4.32. The molecule has 0 saturated heterocycles. The van der Waals surface area contributed by atoms with Crippen LogP contribution in [0.3, 0.4) is 0 Å². The SMILES string of the molecule is Cc1cccc(C(=O)Nc2ccc(-c3cc4cc(Cl)ccc4[nH]3)cc2)c1. The predicted molar refractivity (Wildman–Crippen MR) is 108 cm³/mol. The number of nitrogens with one attached hydrogen (secondary N) is 2. The average Bonchev–Trinajstić information content (AvgIpc) is 3.05. The lowest BCUT2D eigenvalue weighted by molar-refractivity contribution is 0.102. The highest BCUT2D eigenvalue weighted by atomic mass is 35.5. The Morgan fingerprint density at radius 3 is 2.54 bits per heavy atom. The highest BCUT2D eigenvalue weighted by Crippen LogP contribution is 2.27. The summed E-state index contributed by atoms with van der Waals surface area (Å²) in [4.78, 5) is 15.7. The maximum absolute atomic E-state index is 12.3. The molecule has 2 N–H and O–H groups in total. The molecule has 0 unspecified atom stereocenters. The Morgan fingerprint density at radius 1 is 0.962 bits per heavy atom. The first kappa shape index (κ1) is 16.4. The standard InChI is InChI=1S/C22H17ClN2O/c1-14-3-2-4-16(11-14)22(26)24-19-8-5-15(6-9-19)21-13-17-12-18(23)7-10-20(17)25-21/h2-13,25H,1H3,(H,24,26). The lowest BCUT2D eigenvalue weighted by Crippen LogP contribution is -2.11. The lowest BCUT2D eigenvalue weighted by atomic mass is 10.1. The molecule has 1 heterocycles. The molecule has 3 aromatic carbocycles. The van der Waals surface area contributed by atoms with E-state index in [2.05, 4.69) is 16.4 Å². The lowest BCUT2D eigenvalue weighted by Gasteiger charge is -2.07. The normalized spacial score (nSPS) is 10.8. The molecular weight excluding hydrogens is 344 g/mol. The van der Waals surface area contributed by atoms with Crippen molar-refractivity contribution in [2.75, 3.05) is 5.32 Å². The van der Waals surface area contributed by atoms with E-state index in [0.29, 0.717) is 5.56 Å². The van der Waals surface area contributed by atoms with Crippen molar-refractivity contribution in [3.05, 3.63) is 88.9 Å². The molecule has 0 saturated carbocycles. The fraction of sp³-hybridized carbons (Fsp3) is 0.0455. The van der Waals surface area contributed by atoms with Gasteiger partial charge in [0.25, 0.3) is 5.91 Å². The van der Waals surface area contributed by atoms with E-state index in [0.717, 1.165) is 38.4 Å². The molecule has 4 heteroatoms. The summed E-state index contributed by atoms with van der Waals surface area (Å²) in [6.07, 6.45) is 0. The zero-order valence-electron chi connectivity index (χ0n) is 14.2. The van der Waals surface area contributed by atoms with Gasteiger partial charge in [-0.2, -0.15) is 0 Å². The van der Waals surface area contributed by atoms with E-state index >= 15 is 0 Å². The second-order valence-corrected chi connectivity index (χ2v) is 6.75. The number of carbonyl (C=O) groups excluding carboxylic acids is 1. The van der Waals surface area contributed by atoms with Gasteiger partial charge < -0.3 is 10.3 Å². The predicted octanol–water partition coefficient (Wildman–Crippen LogP) is 6.05. The molecule has 0 aliphatic heterocycles. The molecule has 0 bridgehead atoms. The Balaban J connectivity index is 1.55. The van der Waals surface area contributed by atoms with Gasteiger partial charge in [-0.15, -0.1) is 0 Å². The first-order valence-corrected chi connectivity index (χ1v) is 8.73. The van der Waals surface area contributed by atoms with Gasteiger partial charge >= 0.3 is 0 Å². The molecular formula is C22H17ClN2O. The van der Waals surface area contributed by atoms with Crippen LogP contribution in [-0.4, -0.2) is 10.9 Å². The zero-order valence-corrected chi connectivity index (χ0v) is 15.0. The van der Waals surface area contributed by atoms with Crippen molar-refractivity contribution in [3.8, 4) is 11.3 Å². The topological polar surface area (TPSA) is 44.9 Å². The number of aromatic amines is 1. The number of amides is 1. The fourth-order valence-electron chi connectivity index (χ4n) is 2.98. The van der Waals surface area contributed by atoms with Crippen molar-refractivity contribution < 1.29 is 4.79 Å². The van der Waals surface area contributed by atoms with Crippen LogP contribution in [0.15, 0.2) is 72.8 Å².